The van der Waals surface area contributed by atoms with E-state index in [1.54, 1.807) is 0 Å². The molecule has 2 aromatic carbocycles. The Kier molecular flexibility index (Phi) is 5.50. The van der Waals surface area contributed by atoms with Crippen molar-refractivity contribution in [2.75, 3.05) is 31.6 Å². The fourth-order valence-corrected chi connectivity index (χ4v) is 3.69. The van der Waals surface area contributed by atoms with Crippen LogP contribution < -0.4 is 14.8 Å². The number of piperidine rings is 1. The number of ether oxygens (including phenoxy) is 2. The maximum absolute atomic E-state index is 12.6. The molecule has 142 valence electrons. The highest BCUT2D eigenvalue weighted by molar-refractivity contribution is 6.30. The smallest absolute Gasteiger partial charge is 0.227 e. The number of carbonyl (C=O) groups is 1. The lowest BCUT2D eigenvalue weighted by molar-refractivity contribution is -0.121. The zero-order chi connectivity index (χ0) is 18.6. The van der Waals surface area contributed by atoms with Crippen molar-refractivity contribution in [3.05, 3.63) is 53.1 Å². The van der Waals surface area contributed by atoms with Gasteiger partial charge in [0, 0.05) is 29.2 Å². The van der Waals surface area contributed by atoms with Crippen LogP contribution in [0.15, 0.2) is 42.5 Å². The number of rotatable bonds is 4. The second kappa shape index (κ2) is 8.19. The number of anilines is 1. The van der Waals surface area contributed by atoms with Gasteiger partial charge in [-0.1, -0.05) is 23.7 Å². The number of likely N-dealkylation sites (tertiary alicyclic amines) is 1. The predicted octanol–water partition coefficient (Wildman–Crippen LogP) is 3.96. The molecule has 0 saturated carbocycles. The highest BCUT2D eigenvalue weighted by Gasteiger charge is 2.25. The molecule has 1 fully saturated rings. The Morgan fingerprint density at radius 3 is 2.48 bits per heavy atom. The summed E-state index contributed by atoms with van der Waals surface area (Å²) in [5, 5.41) is 3.78. The molecular weight excluding hydrogens is 364 g/mol. The minimum atomic E-state index is 0.0414. The third kappa shape index (κ3) is 4.54. The van der Waals surface area contributed by atoms with E-state index in [1.807, 2.05) is 30.3 Å². The Hall–Kier alpha value is -2.24. The topological polar surface area (TPSA) is 50.8 Å². The van der Waals surface area contributed by atoms with Gasteiger partial charge in [0.05, 0.1) is 0 Å². The van der Waals surface area contributed by atoms with E-state index in [2.05, 4.69) is 22.3 Å². The Balaban J connectivity index is 1.29. The Bertz CT molecular complexity index is 802. The van der Waals surface area contributed by atoms with Crippen LogP contribution in [0.5, 0.6) is 11.5 Å². The van der Waals surface area contributed by atoms with Crippen LogP contribution in [0.3, 0.4) is 0 Å². The second-order valence-electron chi connectivity index (χ2n) is 7.02. The van der Waals surface area contributed by atoms with Crippen molar-refractivity contribution in [2.45, 2.75) is 19.4 Å². The first-order chi connectivity index (χ1) is 13.2. The SMILES string of the molecule is O=C(Nc1ccc2c(c1)OCCO2)C1CCN(Cc2ccc(Cl)cc2)CC1. The highest BCUT2D eigenvalue weighted by Crippen LogP contribution is 2.33. The van der Waals surface area contributed by atoms with E-state index >= 15 is 0 Å². The minimum Gasteiger partial charge on any atom is -0.486 e. The summed E-state index contributed by atoms with van der Waals surface area (Å²) in [5.41, 5.74) is 2.01. The molecule has 1 amide bonds. The van der Waals surface area contributed by atoms with E-state index in [1.165, 1.54) is 5.56 Å². The van der Waals surface area contributed by atoms with Gasteiger partial charge in [0.15, 0.2) is 11.5 Å². The fraction of sp³-hybridized carbons (Fsp3) is 0.381. The fourth-order valence-electron chi connectivity index (χ4n) is 3.57. The standard InChI is InChI=1S/C21H23ClN2O3/c22-17-3-1-15(2-4-17)14-24-9-7-16(8-10-24)21(25)23-18-5-6-19-20(13-18)27-12-11-26-19/h1-6,13,16H,7-12,14H2,(H,23,25). The van der Waals surface area contributed by atoms with Gasteiger partial charge in [-0.15, -0.1) is 0 Å². The zero-order valence-electron chi connectivity index (χ0n) is 15.1. The van der Waals surface area contributed by atoms with E-state index < -0.39 is 0 Å². The van der Waals surface area contributed by atoms with Gasteiger partial charge in [0.1, 0.15) is 13.2 Å². The summed E-state index contributed by atoms with van der Waals surface area (Å²) in [6.45, 7) is 3.83. The minimum absolute atomic E-state index is 0.0414. The number of benzene rings is 2. The first kappa shape index (κ1) is 18.1. The summed E-state index contributed by atoms with van der Waals surface area (Å²) in [6.07, 6.45) is 1.73. The van der Waals surface area contributed by atoms with Crippen LogP contribution in [0.25, 0.3) is 0 Å². The lowest BCUT2D eigenvalue weighted by atomic mass is 9.95. The summed E-state index contributed by atoms with van der Waals surface area (Å²) < 4.78 is 11.1. The molecule has 0 bridgehead atoms. The molecule has 2 aliphatic heterocycles. The highest BCUT2D eigenvalue weighted by atomic mass is 35.5. The summed E-state index contributed by atoms with van der Waals surface area (Å²) in [7, 11) is 0. The predicted molar refractivity (Wildman–Crippen MR) is 106 cm³/mol. The number of amides is 1. The van der Waals surface area contributed by atoms with Crippen molar-refractivity contribution in [3.8, 4) is 11.5 Å². The molecule has 5 nitrogen and oxygen atoms in total. The molecule has 0 atom stereocenters. The molecule has 0 unspecified atom stereocenters. The number of nitrogens with zero attached hydrogens (tertiary/aromatic N) is 1. The molecule has 2 heterocycles. The molecule has 2 aliphatic rings. The number of hydrogen-bond donors (Lipinski definition) is 1. The Labute approximate surface area is 164 Å². The van der Waals surface area contributed by atoms with Crippen LogP contribution in [0.1, 0.15) is 18.4 Å². The summed E-state index contributed by atoms with van der Waals surface area (Å²) in [5.74, 6) is 1.55. The number of carbonyl (C=O) groups excluding carboxylic acids is 1. The lowest BCUT2D eigenvalue weighted by Crippen LogP contribution is -2.37. The summed E-state index contributed by atoms with van der Waals surface area (Å²) >= 11 is 5.94. The molecule has 0 radical (unpaired) electrons. The van der Waals surface area contributed by atoms with Crippen LogP contribution in [-0.4, -0.2) is 37.1 Å². The van der Waals surface area contributed by atoms with Crippen LogP contribution in [0, 0.1) is 5.92 Å². The number of nitrogens with one attached hydrogen (secondary N) is 1. The van der Waals surface area contributed by atoms with Gasteiger partial charge < -0.3 is 14.8 Å². The lowest BCUT2D eigenvalue weighted by Gasteiger charge is -2.31. The largest absolute Gasteiger partial charge is 0.486 e. The van der Waals surface area contributed by atoms with E-state index in [-0.39, 0.29) is 11.8 Å². The summed E-state index contributed by atoms with van der Waals surface area (Å²) in [6, 6.07) is 13.5. The second-order valence-corrected chi connectivity index (χ2v) is 7.46. The van der Waals surface area contributed by atoms with Gasteiger partial charge in [-0.25, -0.2) is 0 Å². The first-order valence-corrected chi connectivity index (χ1v) is 9.72. The van der Waals surface area contributed by atoms with Crippen molar-refractivity contribution in [2.24, 2.45) is 5.92 Å². The molecule has 0 aromatic heterocycles. The van der Waals surface area contributed by atoms with Crippen molar-refractivity contribution >= 4 is 23.2 Å². The van der Waals surface area contributed by atoms with E-state index in [4.69, 9.17) is 21.1 Å². The van der Waals surface area contributed by atoms with E-state index in [0.29, 0.717) is 19.0 Å². The molecule has 2 aromatic rings. The van der Waals surface area contributed by atoms with Gasteiger partial charge in [0.25, 0.3) is 0 Å². The van der Waals surface area contributed by atoms with Crippen LogP contribution in [-0.2, 0) is 11.3 Å². The number of halogens is 1. The van der Waals surface area contributed by atoms with E-state index in [0.717, 1.165) is 48.9 Å². The Morgan fingerprint density at radius 1 is 1.04 bits per heavy atom. The van der Waals surface area contributed by atoms with Gasteiger partial charge in [-0.3, -0.25) is 9.69 Å². The van der Waals surface area contributed by atoms with Crippen molar-refractivity contribution in [1.82, 2.24) is 4.90 Å². The average molecular weight is 387 g/mol. The van der Waals surface area contributed by atoms with Crippen LogP contribution >= 0.6 is 11.6 Å². The molecule has 27 heavy (non-hydrogen) atoms. The third-order valence-electron chi connectivity index (χ3n) is 5.09. The molecule has 0 spiro atoms. The molecule has 0 aliphatic carbocycles. The first-order valence-electron chi connectivity index (χ1n) is 9.35. The average Bonchev–Trinajstić information content (AvgIpc) is 2.70. The van der Waals surface area contributed by atoms with Crippen molar-refractivity contribution < 1.29 is 14.3 Å². The van der Waals surface area contributed by atoms with Gasteiger partial charge >= 0.3 is 0 Å². The normalized spacial score (nSPS) is 17.5. The molecule has 4 rings (SSSR count). The molecule has 1 N–H and O–H groups in total. The maximum Gasteiger partial charge on any atom is 0.227 e. The van der Waals surface area contributed by atoms with E-state index in [9.17, 15) is 4.79 Å². The third-order valence-corrected chi connectivity index (χ3v) is 5.34. The molecule has 6 heteroatoms. The van der Waals surface area contributed by atoms with Crippen molar-refractivity contribution in [1.29, 1.82) is 0 Å². The molecular formula is C21H23ClN2O3. The van der Waals surface area contributed by atoms with Gasteiger partial charge in [-0.2, -0.15) is 0 Å². The Morgan fingerprint density at radius 2 is 1.74 bits per heavy atom. The van der Waals surface area contributed by atoms with Gasteiger partial charge in [0.2, 0.25) is 5.91 Å². The quantitative estimate of drug-likeness (QED) is 0.864. The van der Waals surface area contributed by atoms with Crippen LogP contribution in [0.2, 0.25) is 5.02 Å². The monoisotopic (exact) mass is 386 g/mol. The zero-order valence-corrected chi connectivity index (χ0v) is 15.9. The molecule has 1 saturated heterocycles. The maximum atomic E-state index is 12.6. The van der Waals surface area contributed by atoms with Crippen molar-refractivity contribution in [3.63, 3.8) is 0 Å². The number of fused-ring (bicyclic) bond motifs is 1. The number of hydrogen-bond acceptors (Lipinski definition) is 4. The van der Waals surface area contributed by atoms with Gasteiger partial charge in [-0.05, 0) is 55.8 Å². The summed E-state index contributed by atoms with van der Waals surface area (Å²) in [4.78, 5) is 15.0. The van der Waals surface area contributed by atoms with Crippen LogP contribution in [0.4, 0.5) is 5.69 Å².